The van der Waals surface area contributed by atoms with Crippen LogP contribution in [0.25, 0.3) is 5.76 Å². The van der Waals surface area contributed by atoms with Crippen molar-refractivity contribution in [3.63, 3.8) is 0 Å². The number of aliphatic hydroxyl groups excluding tert-OH is 1. The molecular weight excluding hydrogens is 448 g/mol. The van der Waals surface area contributed by atoms with Gasteiger partial charge < -0.3 is 24.2 Å². The van der Waals surface area contributed by atoms with Crippen LogP contribution in [-0.4, -0.2) is 79.2 Å². The predicted octanol–water partition coefficient (Wildman–Crippen LogP) is 3.24. The van der Waals surface area contributed by atoms with E-state index in [2.05, 4.69) is 4.90 Å². The monoisotopic (exact) mass is 480 g/mol. The Morgan fingerprint density at radius 2 is 1.66 bits per heavy atom. The Bertz CT molecular complexity index is 1080. The molecule has 2 aromatic rings. The summed E-state index contributed by atoms with van der Waals surface area (Å²) in [6.45, 7) is 8.48. The second-order valence-electron chi connectivity index (χ2n) is 8.38. The normalized spacial score (nSPS) is 20.3. The summed E-state index contributed by atoms with van der Waals surface area (Å²) in [7, 11) is 0. The third-order valence-corrected chi connectivity index (χ3v) is 6.23. The van der Waals surface area contributed by atoms with Crippen molar-refractivity contribution in [1.82, 2.24) is 9.80 Å². The Morgan fingerprint density at radius 3 is 2.34 bits per heavy atom. The average Bonchev–Trinajstić information content (AvgIpc) is 3.14. The van der Waals surface area contributed by atoms with Crippen LogP contribution in [0.3, 0.4) is 0 Å². The summed E-state index contributed by atoms with van der Waals surface area (Å²) in [6.07, 6.45) is 0. The lowest BCUT2D eigenvalue weighted by molar-refractivity contribution is -0.140. The molecule has 35 heavy (non-hydrogen) atoms. The molecule has 2 saturated heterocycles. The van der Waals surface area contributed by atoms with Gasteiger partial charge in [-0.05, 0) is 31.5 Å². The number of rotatable bonds is 9. The summed E-state index contributed by atoms with van der Waals surface area (Å²) in [5.74, 6) is -0.371. The van der Waals surface area contributed by atoms with Crippen LogP contribution in [-0.2, 0) is 14.3 Å². The molecule has 1 N–H and O–H groups in total. The Labute approximate surface area is 205 Å². The van der Waals surface area contributed by atoms with E-state index in [0.717, 1.165) is 13.1 Å². The zero-order valence-electron chi connectivity index (χ0n) is 20.2. The van der Waals surface area contributed by atoms with Gasteiger partial charge in [-0.1, -0.05) is 36.4 Å². The van der Waals surface area contributed by atoms with Gasteiger partial charge in [0.1, 0.15) is 5.76 Å². The number of nitrogens with zero attached hydrogens (tertiary/aromatic N) is 2. The van der Waals surface area contributed by atoms with Crippen molar-refractivity contribution in [3.8, 4) is 11.5 Å². The van der Waals surface area contributed by atoms with Crippen LogP contribution in [0.15, 0.2) is 54.1 Å². The van der Waals surface area contributed by atoms with Gasteiger partial charge in [0.05, 0.1) is 38.0 Å². The van der Waals surface area contributed by atoms with Gasteiger partial charge in [-0.3, -0.25) is 14.5 Å². The zero-order valence-corrected chi connectivity index (χ0v) is 20.2. The fourth-order valence-electron chi connectivity index (χ4n) is 4.52. The summed E-state index contributed by atoms with van der Waals surface area (Å²) in [4.78, 5) is 30.2. The Balaban J connectivity index is 1.77. The minimum Gasteiger partial charge on any atom is -0.507 e. The lowest BCUT2D eigenvalue weighted by Gasteiger charge is -2.31. The van der Waals surface area contributed by atoms with Crippen molar-refractivity contribution in [2.75, 3.05) is 52.6 Å². The molecule has 186 valence electrons. The second kappa shape index (κ2) is 11.4. The van der Waals surface area contributed by atoms with E-state index in [4.69, 9.17) is 14.2 Å². The van der Waals surface area contributed by atoms with E-state index in [1.54, 1.807) is 41.3 Å². The summed E-state index contributed by atoms with van der Waals surface area (Å²) >= 11 is 0. The Hall–Kier alpha value is -3.36. The molecule has 0 bridgehead atoms. The minimum atomic E-state index is -0.744. The molecule has 2 fully saturated rings. The molecule has 8 heteroatoms. The summed E-state index contributed by atoms with van der Waals surface area (Å²) in [5.41, 5.74) is 1.24. The van der Waals surface area contributed by atoms with Crippen molar-refractivity contribution < 1.29 is 28.9 Å². The molecule has 1 atom stereocenters. The quantitative estimate of drug-likeness (QED) is 0.335. The van der Waals surface area contributed by atoms with Crippen LogP contribution < -0.4 is 9.47 Å². The number of aliphatic hydroxyl groups is 1. The highest BCUT2D eigenvalue weighted by atomic mass is 16.5. The molecule has 0 saturated carbocycles. The van der Waals surface area contributed by atoms with Gasteiger partial charge >= 0.3 is 0 Å². The largest absolute Gasteiger partial charge is 0.507 e. The lowest BCUT2D eigenvalue weighted by atomic mass is 9.95. The number of morpholine rings is 1. The van der Waals surface area contributed by atoms with E-state index in [1.807, 2.05) is 26.0 Å². The second-order valence-corrected chi connectivity index (χ2v) is 8.38. The standard InChI is InChI=1S/C27H32N2O6/c1-3-34-21-11-10-20(18-22(21)35-4-2)24-23(25(30)19-8-6-5-7-9-19)26(31)27(32)29(24)13-12-28-14-16-33-17-15-28/h5-11,18,24,30H,3-4,12-17H2,1-2H3/b25-23+/t24-/m0/s1. The van der Waals surface area contributed by atoms with Gasteiger partial charge in [-0.25, -0.2) is 0 Å². The molecule has 1 amide bonds. The Kier molecular flexibility index (Phi) is 8.05. The van der Waals surface area contributed by atoms with E-state index < -0.39 is 17.7 Å². The number of carbonyl (C=O) groups excluding carboxylic acids is 2. The number of benzene rings is 2. The lowest BCUT2D eigenvalue weighted by Crippen LogP contribution is -2.42. The van der Waals surface area contributed by atoms with Gasteiger partial charge in [0, 0.05) is 31.7 Å². The number of amides is 1. The molecule has 2 heterocycles. The van der Waals surface area contributed by atoms with E-state index in [-0.39, 0.29) is 11.3 Å². The molecular formula is C27H32N2O6. The molecule has 0 radical (unpaired) electrons. The number of hydrogen-bond acceptors (Lipinski definition) is 7. The van der Waals surface area contributed by atoms with Crippen LogP contribution in [0.1, 0.15) is 31.0 Å². The number of ketones is 1. The highest BCUT2D eigenvalue weighted by molar-refractivity contribution is 6.46. The van der Waals surface area contributed by atoms with E-state index in [0.29, 0.717) is 62.1 Å². The number of hydrogen-bond donors (Lipinski definition) is 1. The first-order valence-electron chi connectivity index (χ1n) is 12.1. The Morgan fingerprint density at radius 1 is 0.971 bits per heavy atom. The zero-order chi connectivity index (χ0) is 24.8. The molecule has 2 aliphatic heterocycles. The summed E-state index contributed by atoms with van der Waals surface area (Å²) in [6, 6.07) is 13.5. The number of likely N-dealkylation sites (tertiary alicyclic amines) is 1. The first-order valence-corrected chi connectivity index (χ1v) is 12.1. The maximum Gasteiger partial charge on any atom is 0.295 e. The van der Waals surface area contributed by atoms with E-state index in [9.17, 15) is 14.7 Å². The maximum absolute atomic E-state index is 13.2. The number of Topliss-reactive ketones (excluding diaryl/α,β-unsaturated/α-hetero) is 1. The molecule has 2 aliphatic rings. The van der Waals surface area contributed by atoms with Crippen LogP contribution in [0.4, 0.5) is 0 Å². The average molecular weight is 481 g/mol. The topological polar surface area (TPSA) is 88.5 Å². The van der Waals surface area contributed by atoms with Crippen LogP contribution >= 0.6 is 0 Å². The summed E-state index contributed by atoms with van der Waals surface area (Å²) < 4.78 is 16.9. The third kappa shape index (κ3) is 5.33. The SMILES string of the molecule is CCOc1ccc([C@H]2/C(=C(\O)c3ccccc3)C(=O)C(=O)N2CCN2CCOCC2)cc1OCC. The first kappa shape index (κ1) is 24.8. The van der Waals surface area contributed by atoms with E-state index in [1.165, 1.54) is 0 Å². The van der Waals surface area contributed by atoms with E-state index >= 15 is 0 Å². The molecule has 0 aliphatic carbocycles. The van der Waals surface area contributed by atoms with Crippen LogP contribution in [0.2, 0.25) is 0 Å². The summed E-state index contributed by atoms with van der Waals surface area (Å²) in [5, 5.41) is 11.2. The van der Waals surface area contributed by atoms with Gasteiger partial charge in [0.25, 0.3) is 11.7 Å². The van der Waals surface area contributed by atoms with Gasteiger partial charge in [-0.2, -0.15) is 0 Å². The highest BCUT2D eigenvalue weighted by Gasteiger charge is 2.46. The number of ether oxygens (including phenoxy) is 3. The smallest absolute Gasteiger partial charge is 0.295 e. The van der Waals surface area contributed by atoms with Crippen LogP contribution in [0.5, 0.6) is 11.5 Å². The molecule has 0 spiro atoms. The molecule has 4 rings (SSSR count). The maximum atomic E-state index is 13.2. The van der Waals surface area contributed by atoms with Crippen molar-refractivity contribution in [2.45, 2.75) is 19.9 Å². The van der Waals surface area contributed by atoms with Gasteiger partial charge in [-0.15, -0.1) is 0 Å². The number of carbonyl (C=O) groups is 2. The first-order chi connectivity index (χ1) is 17.0. The highest BCUT2D eigenvalue weighted by Crippen LogP contribution is 2.42. The van der Waals surface area contributed by atoms with Crippen molar-refractivity contribution >= 4 is 17.4 Å². The van der Waals surface area contributed by atoms with Crippen molar-refractivity contribution in [1.29, 1.82) is 0 Å². The molecule has 0 unspecified atom stereocenters. The minimum absolute atomic E-state index is 0.0785. The predicted molar refractivity (Wildman–Crippen MR) is 131 cm³/mol. The van der Waals surface area contributed by atoms with Crippen molar-refractivity contribution in [2.24, 2.45) is 0 Å². The van der Waals surface area contributed by atoms with Crippen LogP contribution in [0, 0.1) is 0 Å². The molecule has 8 nitrogen and oxygen atoms in total. The fraction of sp³-hybridized carbons (Fsp3) is 0.407. The van der Waals surface area contributed by atoms with Gasteiger partial charge in [0.2, 0.25) is 0 Å². The fourth-order valence-corrected chi connectivity index (χ4v) is 4.52. The molecule has 0 aromatic heterocycles. The third-order valence-electron chi connectivity index (χ3n) is 6.23. The van der Waals surface area contributed by atoms with Gasteiger partial charge in [0.15, 0.2) is 11.5 Å². The van der Waals surface area contributed by atoms with Crippen molar-refractivity contribution in [3.05, 3.63) is 65.2 Å². The molecule has 2 aromatic carbocycles.